The molecule has 0 saturated carbocycles. The minimum atomic E-state index is 0.676. The van der Waals surface area contributed by atoms with Crippen molar-refractivity contribution in [1.29, 1.82) is 0 Å². The topological polar surface area (TPSA) is 18.5 Å². The van der Waals surface area contributed by atoms with Gasteiger partial charge < -0.3 is 9.47 Å². The van der Waals surface area contributed by atoms with Crippen LogP contribution in [0.4, 0.5) is 0 Å². The van der Waals surface area contributed by atoms with Gasteiger partial charge in [0.05, 0.1) is 13.2 Å². The van der Waals surface area contributed by atoms with E-state index in [1.54, 1.807) is 0 Å². The van der Waals surface area contributed by atoms with E-state index >= 15 is 0 Å². The molecule has 0 rings (SSSR count). The molecule has 66 valence electrons. The maximum atomic E-state index is 5.22. The molecule has 11 heavy (non-hydrogen) atoms. The first-order valence-electron chi connectivity index (χ1n) is 4.30. The maximum absolute atomic E-state index is 5.22. The summed E-state index contributed by atoms with van der Waals surface area (Å²) in [6, 6.07) is 0. The third-order valence-corrected chi connectivity index (χ3v) is 1.17. The highest BCUT2D eigenvalue weighted by molar-refractivity contribution is 4.82. The third-order valence-electron chi connectivity index (χ3n) is 1.17. The average molecular weight is 158 g/mol. The van der Waals surface area contributed by atoms with Gasteiger partial charge in [0.15, 0.2) is 0 Å². The van der Waals surface area contributed by atoms with Crippen LogP contribution in [0.25, 0.3) is 0 Å². The first-order valence-corrected chi connectivity index (χ1v) is 4.30. The van der Waals surface area contributed by atoms with Gasteiger partial charge in [0.1, 0.15) is 0 Å². The molecule has 0 radical (unpaired) electrons. The molecule has 0 aromatic heterocycles. The highest BCUT2D eigenvalue weighted by atomic mass is 16.7. The van der Waals surface area contributed by atoms with Gasteiger partial charge >= 0.3 is 0 Å². The Bertz CT molecular complexity index is 100. The summed E-state index contributed by atoms with van der Waals surface area (Å²) in [5, 5.41) is 0. The molecule has 0 atom stereocenters. The molecule has 0 spiro atoms. The van der Waals surface area contributed by atoms with Crippen LogP contribution in [0.2, 0.25) is 0 Å². The van der Waals surface area contributed by atoms with Crippen molar-refractivity contribution in [3.63, 3.8) is 0 Å². The highest BCUT2D eigenvalue weighted by Gasteiger charge is 1.93. The van der Waals surface area contributed by atoms with E-state index in [9.17, 15) is 0 Å². The molecule has 0 aliphatic carbocycles. The van der Waals surface area contributed by atoms with E-state index < -0.39 is 0 Å². The molecule has 0 N–H and O–H groups in total. The number of hydrogen-bond acceptors (Lipinski definition) is 2. The van der Waals surface area contributed by atoms with Gasteiger partial charge in [0.25, 0.3) is 5.95 Å². The van der Waals surface area contributed by atoms with Crippen LogP contribution in [0.1, 0.15) is 33.6 Å². The minimum Gasteiger partial charge on any atom is -0.466 e. The fraction of sp³-hybridized carbons (Fsp3) is 0.778. The van der Waals surface area contributed by atoms with Crippen LogP contribution in [-0.4, -0.2) is 13.2 Å². The number of rotatable bonds is 6. The van der Waals surface area contributed by atoms with Crippen LogP contribution in [-0.2, 0) is 9.47 Å². The van der Waals surface area contributed by atoms with Crippen LogP contribution < -0.4 is 0 Å². The van der Waals surface area contributed by atoms with Gasteiger partial charge in [-0.15, -0.1) is 0 Å². The van der Waals surface area contributed by atoms with Crippen molar-refractivity contribution in [3.8, 4) is 0 Å². The van der Waals surface area contributed by atoms with Crippen LogP contribution in [0.3, 0.4) is 0 Å². The fourth-order valence-corrected chi connectivity index (χ4v) is 0.706. The molecule has 0 aliphatic rings. The second kappa shape index (κ2) is 7.45. The quantitative estimate of drug-likeness (QED) is 0.553. The number of ether oxygens (including phenoxy) is 2. The molecular formula is C9H18O2. The minimum absolute atomic E-state index is 0.676. The van der Waals surface area contributed by atoms with Gasteiger partial charge in [-0.2, -0.15) is 0 Å². The zero-order valence-corrected chi connectivity index (χ0v) is 7.72. The molecule has 0 aliphatic heterocycles. The smallest absolute Gasteiger partial charge is 0.274 e. The van der Waals surface area contributed by atoms with Crippen molar-refractivity contribution in [2.45, 2.75) is 33.6 Å². The Labute approximate surface area is 69.2 Å². The SMILES string of the molecule is CCCC=C(OCC)OCC. The van der Waals surface area contributed by atoms with Crippen LogP contribution >= 0.6 is 0 Å². The van der Waals surface area contributed by atoms with E-state index in [0.717, 1.165) is 12.8 Å². The summed E-state index contributed by atoms with van der Waals surface area (Å²) in [5.41, 5.74) is 0. The lowest BCUT2D eigenvalue weighted by Gasteiger charge is -2.07. The Morgan fingerprint density at radius 1 is 1.09 bits per heavy atom. The Balaban J connectivity index is 3.66. The van der Waals surface area contributed by atoms with Gasteiger partial charge in [-0.1, -0.05) is 13.3 Å². The Morgan fingerprint density at radius 3 is 2.00 bits per heavy atom. The first kappa shape index (κ1) is 10.3. The number of allylic oxidation sites excluding steroid dienone is 1. The van der Waals surface area contributed by atoms with E-state index in [2.05, 4.69) is 6.92 Å². The Kier molecular flexibility index (Phi) is 7.00. The normalized spacial score (nSPS) is 9.00. The lowest BCUT2D eigenvalue weighted by molar-refractivity contribution is 0.0454. The van der Waals surface area contributed by atoms with Crippen molar-refractivity contribution in [1.82, 2.24) is 0 Å². The molecule has 2 heteroatoms. The second-order valence-corrected chi connectivity index (χ2v) is 2.18. The monoisotopic (exact) mass is 158 g/mol. The van der Waals surface area contributed by atoms with Crippen molar-refractivity contribution < 1.29 is 9.47 Å². The van der Waals surface area contributed by atoms with Crippen LogP contribution in [0, 0.1) is 0 Å². The van der Waals surface area contributed by atoms with E-state index in [-0.39, 0.29) is 0 Å². The van der Waals surface area contributed by atoms with Gasteiger partial charge in [-0.25, -0.2) is 0 Å². The molecule has 0 amide bonds. The molecule has 0 aromatic carbocycles. The van der Waals surface area contributed by atoms with Gasteiger partial charge in [0.2, 0.25) is 0 Å². The summed E-state index contributed by atoms with van der Waals surface area (Å²) in [6.45, 7) is 7.40. The fourth-order valence-electron chi connectivity index (χ4n) is 0.706. The van der Waals surface area contributed by atoms with E-state index in [4.69, 9.17) is 9.47 Å². The first-order chi connectivity index (χ1) is 5.35. The standard InChI is InChI=1S/C9H18O2/c1-4-7-8-9(10-5-2)11-6-3/h8H,4-7H2,1-3H3. The summed E-state index contributed by atoms with van der Waals surface area (Å²) in [7, 11) is 0. The summed E-state index contributed by atoms with van der Waals surface area (Å²) in [6.07, 6.45) is 4.14. The summed E-state index contributed by atoms with van der Waals surface area (Å²) < 4.78 is 10.4. The van der Waals surface area contributed by atoms with E-state index in [1.165, 1.54) is 0 Å². The predicted octanol–water partition coefficient (Wildman–Crippen LogP) is 2.70. The molecule has 0 unspecified atom stereocenters. The maximum Gasteiger partial charge on any atom is 0.274 e. The van der Waals surface area contributed by atoms with Crippen molar-refractivity contribution in [2.24, 2.45) is 0 Å². The van der Waals surface area contributed by atoms with Gasteiger partial charge in [-0.05, 0) is 26.3 Å². The Morgan fingerprint density at radius 2 is 1.64 bits per heavy atom. The molecule has 2 nitrogen and oxygen atoms in total. The zero-order valence-electron chi connectivity index (χ0n) is 7.72. The van der Waals surface area contributed by atoms with E-state index in [0.29, 0.717) is 19.2 Å². The molecular weight excluding hydrogens is 140 g/mol. The number of hydrogen-bond donors (Lipinski definition) is 0. The molecule has 0 heterocycles. The predicted molar refractivity (Wildman–Crippen MR) is 46.2 cm³/mol. The largest absolute Gasteiger partial charge is 0.466 e. The molecule has 0 aromatic rings. The van der Waals surface area contributed by atoms with E-state index in [1.807, 2.05) is 19.9 Å². The Hall–Kier alpha value is -0.660. The number of unbranched alkanes of at least 4 members (excludes halogenated alkanes) is 1. The third kappa shape index (κ3) is 5.77. The van der Waals surface area contributed by atoms with Gasteiger partial charge in [-0.3, -0.25) is 0 Å². The van der Waals surface area contributed by atoms with Crippen LogP contribution in [0.5, 0.6) is 0 Å². The van der Waals surface area contributed by atoms with Crippen molar-refractivity contribution in [2.75, 3.05) is 13.2 Å². The molecule has 0 saturated heterocycles. The lowest BCUT2D eigenvalue weighted by atomic mass is 10.3. The average Bonchev–Trinajstić information content (AvgIpc) is 2.01. The zero-order chi connectivity index (χ0) is 8.53. The molecule has 0 bridgehead atoms. The molecule has 0 fully saturated rings. The second-order valence-electron chi connectivity index (χ2n) is 2.18. The summed E-state index contributed by atoms with van der Waals surface area (Å²) >= 11 is 0. The highest BCUT2D eigenvalue weighted by Crippen LogP contribution is 2.02. The van der Waals surface area contributed by atoms with Crippen molar-refractivity contribution >= 4 is 0 Å². The van der Waals surface area contributed by atoms with Gasteiger partial charge in [0, 0.05) is 0 Å². The summed E-state index contributed by atoms with van der Waals surface area (Å²) in [5.74, 6) is 0.678. The lowest BCUT2D eigenvalue weighted by Crippen LogP contribution is -1.97. The summed E-state index contributed by atoms with van der Waals surface area (Å²) in [4.78, 5) is 0. The van der Waals surface area contributed by atoms with Crippen LogP contribution in [0.15, 0.2) is 12.0 Å². The van der Waals surface area contributed by atoms with Crippen molar-refractivity contribution in [3.05, 3.63) is 12.0 Å².